The van der Waals surface area contributed by atoms with Crippen molar-refractivity contribution in [1.29, 1.82) is 0 Å². The largest absolute Gasteiger partial charge is 0.466 e. The van der Waals surface area contributed by atoms with Crippen molar-refractivity contribution in [2.24, 2.45) is 0 Å². The number of halogens is 19. The summed E-state index contributed by atoms with van der Waals surface area (Å²) in [5.74, 6) is -75.4. The van der Waals surface area contributed by atoms with Crippen molar-refractivity contribution in [3.8, 4) is 0 Å². The van der Waals surface area contributed by atoms with E-state index in [1.807, 2.05) is 0 Å². The Bertz CT molecular complexity index is 906. The van der Waals surface area contributed by atoms with E-state index in [4.69, 9.17) is 0 Å². The van der Waals surface area contributed by atoms with E-state index in [9.17, 15) is 88.2 Å². The Morgan fingerprint density at radius 3 is 0.951 bits per heavy atom. The molecule has 246 valence electrons. The van der Waals surface area contributed by atoms with Crippen LogP contribution >= 0.6 is 0 Å². The van der Waals surface area contributed by atoms with Crippen LogP contribution in [0.5, 0.6) is 0 Å². The zero-order chi connectivity index (χ0) is 33.5. The number of hydrogen-bond donors (Lipinski definition) is 0. The van der Waals surface area contributed by atoms with E-state index >= 15 is 0 Å². The fourth-order valence-electron chi connectivity index (χ4n) is 2.90. The molecule has 0 aliphatic carbocycles. The van der Waals surface area contributed by atoms with Crippen molar-refractivity contribution in [1.82, 2.24) is 0 Å². The summed E-state index contributed by atoms with van der Waals surface area (Å²) in [6.07, 6.45) is -10.4. The second-order valence-corrected chi connectivity index (χ2v) is 7.69. The van der Waals surface area contributed by atoms with Gasteiger partial charge in [0.15, 0.2) is 0 Å². The Labute approximate surface area is 216 Å². The molecule has 0 unspecified atom stereocenters. The highest BCUT2D eigenvalue weighted by Gasteiger charge is 2.97. The van der Waals surface area contributed by atoms with Gasteiger partial charge in [0.05, 0.1) is 6.61 Å². The van der Waals surface area contributed by atoms with Gasteiger partial charge >= 0.3 is 59.5 Å². The lowest BCUT2D eigenvalue weighted by Crippen LogP contribution is -2.77. The predicted molar refractivity (Wildman–Crippen MR) is 92.9 cm³/mol. The summed E-state index contributed by atoms with van der Waals surface area (Å²) in [7, 11) is 0. The summed E-state index contributed by atoms with van der Waals surface area (Å²) in [5.41, 5.74) is 0. The van der Waals surface area contributed by atoms with Gasteiger partial charge in [0.2, 0.25) is 0 Å². The van der Waals surface area contributed by atoms with Gasteiger partial charge in [-0.15, -0.1) is 0 Å². The van der Waals surface area contributed by atoms with Crippen LogP contribution in [-0.2, 0) is 19.0 Å². The molecule has 0 aliphatic heterocycles. The minimum Gasteiger partial charge on any atom is -0.466 e. The number of esters is 1. The highest BCUT2D eigenvalue weighted by molar-refractivity contribution is 5.70. The first-order valence-electron chi connectivity index (χ1n) is 10.4. The monoisotopic (exact) mass is 658 g/mol. The van der Waals surface area contributed by atoms with Gasteiger partial charge in [-0.1, -0.05) is 0 Å². The zero-order valence-corrected chi connectivity index (χ0v) is 20.1. The van der Waals surface area contributed by atoms with E-state index < -0.39 is 91.6 Å². The summed E-state index contributed by atoms with van der Waals surface area (Å²) in [4.78, 5) is 11.6. The molecule has 41 heavy (non-hydrogen) atoms. The van der Waals surface area contributed by atoms with Crippen LogP contribution in [0.1, 0.15) is 27.2 Å². The fraction of sp³-hybridized carbons (Fsp3) is 0.944. The Morgan fingerprint density at radius 1 is 0.439 bits per heavy atom. The second-order valence-electron chi connectivity index (χ2n) is 7.69. The van der Waals surface area contributed by atoms with E-state index in [1.54, 1.807) is 0 Å². The highest BCUT2D eigenvalue weighted by Crippen LogP contribution is 2.66. The van der Waals surface area contributed by atoms with Gasteiger partial charge < -0.3 is 14.2 Å². The minimum absolute atomic E-state index is 0.595. The lowest BCUT2D eigenvalue weighted by Gasteiger charge is -2.47. The van der Waals surface area contributed by atoms with Crippen LogP contribution in [0.3, 0.4) is 0 Å². The summed E-state index contributed by atoms with van der Waals surface area (Å²) >= 11 is 0. The lowest BCUT2D eigenvalue weighted by atomic mass is 9.85. The van der Waals surface area contributed by atoms with Gasteiger partial charge in [-0.25, -0.2) is 0 Å². The number of carbonyl (C=O) groups excluding carboxylic acids is 1. The fourth-order valence-corrected chi connectivity index (χ4v) is 2.90. The van der Waals surface area contributed by atoms with Crippen molar-refractivity contribution >= 4 is 5.97 Å². The first kappa shape index (κ1) is 39.1. The summed E-state index contributed by atoms with van der Waals surface area (Å²) in [6, 6.07) is 0. The molecule has 0 aromatic carbocycles. The molecule has 0 saturated carbocycles. The van der Waals surface area contributed by atoms with Crippen LogP contribution in [0.2, 0.25) is 0 Å². The number of hydrogen-bond acceptors (Lipinski definition) is 4. The van der Waals surface area contributed by atoms with E-state index in [1.165, 1.54) is 0 Å². The lowest BCUT2D eigenvalue weighted by molar-refractivity contribution is -0.481. The van der Waals surface area contributed by atoms with Crippen molar-refractivity contribution in [2.75, 3.05) is 19.8 Å². The standard InChI is InChI=1S/C18H17F19O4/c1-4-39-8(38)7-9(40-5-2,41-6-3)10(19,20)11(21,22)12(23,24)13(25,26)14(27,28)15(29,30)16(31,32)17(33,34)18(35,36)37/h4-7H2,1-3H3. The first-order valence-corrected chi connectivity index (χ1v) is 10.4. The van der Waals surface area contributed by atoms with E-state index in [2.05, 4.69) is 14.2 Å². The van der Waals surface area contributed by atoms with Crippen LogP contribution in [0.4, 0.5) is 83.4 Å². The maximum atomic E-state index is 14.9. The molecule has 23 heteroatoms. The van der Waals surface area contributed by atoms with Crippen LogP contribution < -0.4 is 0 Å². The van der Waals surface area contributed by atoms with Crippen LogP contribution in [-0.4, -0.2) is 85.1 Å². The van der Waals surface area contributed by atoms with Gasteiger partial charge in [0.1, 0.15) is 6.42 Å². The van der Waals surface area contributed by atoms with Crippen LogP contribution in [0, 0.1) is 0 Å². The van der Waals surface area contributed by atoms with Crippen LogP contribution in [0.25, 0.3) is 0 Å². The predicted octanol–water partition coefficient (Wildman–Crippen LogP) is 7.35. The third-order valence-electron chi connectivity index (χ3n) is 5.03. The zero-order valence-electron chi connectivity index (χ0n) is 20.1. The van der Waals surface area contributed by atoms with Gasteiger partial charge in [0.25, 0.3) is 5.79 Å². The normalized spacial score (nSPS) is 15.8. The van der Waals surface area contributed by atoms with E-state index in [-0.39, 0.29) is 0 Å². The highest BCUT2D eigenvalue weighted by atomic mass is 19.4. The maximum absolute atomic E-state index is 14.9. The van der Waals surface area contributed by atoms with Gasteiger partial charge in [-0.3, -0.25) is 4.79 Å². The van der Waals surface area contributed by atoms with Crippen molar-refractivity contribution in [3.63, 3.8) is 0 Å². The average molecular weight is 658 g/mol. The van der Waals surface area contributed by atoms with Crippen molar-refractivity contribution < 1.29 is 102 Å². The molecule has 0 aromatic rings. The van der Waals surface area contributed by atoms with Gasteiger partial charge in [-0.05, 0) is 20.8 Å². The molecular weight excluding hydrogens is 641 g/mol. The number of alkyl halides is 19. The molecule has 0 aliphatic rings. The smallest absolute Gasteiger partial charge is 0.460 e. The summed E-state index contributed by atoms with van der Waals surface area (Å²) in [6.45, 7) is -1.35. The third-order valence-corrected chi connectivity index (χ3v) is 5.03. The molecular formula is C18H17F19O4. The SMILES string of the molecule is CCOC(=O)CC(OCC)(OCC)C(F)(F)C(F)(F)C(F)(F)C(F)(F)C(F)(F)C(F)(F)C(F)(F)C(F)(F)C(F)(F)F. The molecule has 4 nitrogen and oxygen atoms in total. The molecule has 0 amide bonds. The Morgan fingerprint density at radius 2 is 0.707 bits per heavy atom. The van der Waals surface area contributed by atoms with Crippen molar-refractivity contribution in [2.45, 2.75) is 86.5 Å². The Hall–Kier alpha value is -1.94. The molecule has 0 fully saturated rings. The second kappa shape index (κ2) is 11.3. The molecule has 0 saturated heterocycles. The minimum atomic E-state index is -9.07. The number of ether oxygens (including phenoxy) is 3. The molecule has 0 spiro atoms. The average Bonchev–Trinajstić information content (AvgIpc) is 2.77. The van der Waals surface area contributed by atoms with Gasteiger partial charge in [0, 0.05) is 13.2 Å². The Balaban J connectivity index is 7.36. The molecule has 0 N–H and O–H groups in total. The number of rotatable bonds is 15. The summed E-state index contributed by atoms with van der Waals surface area (Å²) in [5, 5.41) is 0. The quantitative estimate of drug-likeness (QED) is 0.105. The molecule has 0 heterocycles. The molecule has 0 radical (unpaired) electrons. The molecule has 0 aromatic heterocycles. The van der Waals surface area contributed by atoms with Crippen LogP contribution in [0.15, 0.2) is 0 Å². The van der Waals surface area contributed by atoms with E-state index in [0.29, 0.717) is 13.8 Å². The molecule has 0 rings (SSSR count). The van der Waals surface area contributed by atoms with Gasteiger partial charge in [-0.2, -0.15) is 83.4 Å². The molecule has 0 bridgehead atoms. The summed E-state index contributed by atoms with van der Waals surface area (Å²) < 4.78 is 271. The first-order chi connectivity index (χ1) is 17.8. The Kier molecular flexibility index (Phi) is 10.8. The topological polar surface area (TPSA) is 44.8 Å². The van der Waals surface area contributed by atoms with E-state index in [0.717, 1.165) is 6.92 Å². The maximum Gasteiger partial charge on any atom is 0.460 e. The third kappa shape index (κ3) is 5.48. The van der Waals surface area contributed by atoms with Crippen molar-refractivity contribution in [3.05, 3.63) is 0 Å². The number of carbonyl (C=O) groups is 1. The molecule has 0 atom stereocenters.